The normalized spacial score (nSPS) is 11.0. The smallest absolute Gasteiger partial charge is 0.0184 e. The van der Waals surface area contributed by atoms with E-state index in [0.29, 0.717) is 0 Å². The zero-order valence-electron chi connectivity index (χ0n) is 16.9. The number of hydrogen-bond donors (Lipinski definition) is 0. The Morgan fingerprint density at radius 3 is 1.46 bits per heavy atom. The maximum Gasteiger partial charge on any atom is -0.0184 e. The van der Waals surface area contributed by atoms with Crippen LogP contribution in [0, 0.1) is 0 Å². The van der Waals surface area contributed by atoms with E-state index in [2.05, 4.69) is 61.5 Å². The second-order valence-corrected chi connectivity index (χ2v) is 7.70. The van der Waals surface area contributed by atoms with Gasteiger partial charge in [-0.15, -0.1) is 0 Å². The molecule has 0 bridgehead atoms. The van der Waals surface area contributed by atoms with E-state index in [-0.39, 0.29) is 0 Å². The van der Waals surface area contributed by atoms with Crippen LogP contribution in [-0.2, 0) is 6.42 Å². The molecule has 0 heteroatoms. The Labute approximate surface area is 162 Å². The standard InChI is InChI=1S/C26H38/c1-2-3-4-5-6-7-8-9-10-11-12-14-17-24-20-22-26(23-21-24)25-18-15-13-16-19-25/h13,15-16,18-23H,2-12,14,17H2,1H3. The van der Waals surface area contributed by atoms with Crippen molar-refractivity contribution in [3.05, 3.63) is 60.2 Å². The van der Waals surface area contributed by atoms with Crippen LogP contribution in [0.3, 0.4) is 0 Å². The summed E-state index contributed by atoms with van der Waals surface area (Å²) in [6.45, 7) is 2.29. The molecule has 2 aromatic rings. The molecule has 0 N–H and O–H groups in total. The Bertz CT molecular complexity index is 552. The van der Waals surface area contributed by atoms with Crippen molar-refractivity contribution in [3.8, 4) is 11.1 Å². The molecule has 0 atom stereocenters. The van der Waals surface area contributed by atoms with Gasteiger partial charge in [0.2, 0.25) is 0 Å². The van der Waals surface area contributed by atoms with E-state index in [1.54, 1.807) is 0 Å². The van der Waals surface area contributed by atoms with Gasteiger partial charge in [-0.25, -0.2) is 0 Å². The molecule has 0 nitrogen and oxygen atoms in total. The van der Waals surface area contributed by atoms with Gasteiger partial charge in [0, 0.05) is 0 Å². The fourth-order valence-electron chi connectivity index (χ4n) is 3.66. The lowest BCUT2D eigenvalue weighted by molar-refractivity contribution is 0.544. The lowest BCUT2D eigenvalue weighted by Crippen LogP contribution is -1.87. The predicted molar refractivity (Wildman–Crippen MR) is 117 cm³/mol. The van der Waals surface area contributed by atoms with E-state index >= 15 is 0 Å². The van der Waals surface area contributed by atoms with Crippen LogP contribution in [0.1, 0.15) is 89.5 Å². The zero-order chi connectivity index (χ0) is 18.3. The highest BCUT2D eigenvalue weighted by atomic mass is 14.0. The summed E-state index contributed by atoms with van der Waals surface area (Å²) in [5.41, 5.74) is 4.12. The first kappa shape index (κ1) is 20.7. The Morgan fingerprint density at radius 2 is 0.923 bits per heavy atom. The molecular formula is C26H38. The highest BCUT2D eigenvalue weighted by molar-refractivity contribution is 5.63. The van der Waals surface area contributed by atoms with E-state index in [4.69, 9.17) is 0 Å². The number of rotatable bonds is 14. The highest BCUT2D eigenvalue weighted by Crippen LogP contribution is 2.20. The van der Waals surface area contributed by atoms with Crippen molar-refractivity contribution in [1.82, 2.24) is 0 Å². The lowest BCUT2D eigenvalue weighted by Gasteiger charge is -2.05. The topological polar surface area (TPSA) is 0 Å². The van der Waals surface area contributed by atoms with Crippen LogP contribution < -0.4 is 0 Å². The molecule has 26 heavy (non-hydrogen) atoms. The van der Waals surface area contributed by atoms with Crippen molar-refractivity contribution in [1.29, 1.82) is 0 Å². The van der Waals surface area contributed by atoms with Crippen molar-refractivity contribution < 1.29 is 0 Å². The van der Waals surface area contributed by atoms with Crippen molar-refractivity contribution >= 4 is 0 Å². The summed E-state index contributed by atoms with van der Waals surface area (Å²) in [5.74, 6) is 0. The van der Waals surface area contributed by atoms with Crippen LogP contribution in [-0.4, -0.2) is 0 Å². The Balaban J connectivity index is 1.47. The van der Waals surface area contributed by atoms with E-state index in [1.807, 2.05) is 0 Å². The minimum Gasteiger partial charge on any atom is -0.0654 e. The quantitative estimate of drug-likeness (QED) is 0.299. The molecule has 142 valence electrons. The van der Waals surface area contributed by atoms with Gasteiger partial charge in [-0.3, -0.25) is 0 Å². The molecular weight excluding hydrogens is 312 g/mol. The molecule has 2 rings (SSSR count). The Hall–Kier alpha value is -1.56. The Kier molecular flexibility index (Phi) is 10.9. The maximum absolute atomic E-state index is 2.31. The van der Waals surface area contributed by atoms with E-state index in [0.717, 1.165) is 0 Å². The fraction of sp³-hybridized carbons (Fsp3) is 0.538. The number of hydrogen-bond acceptors (Lipinski definition) is 0. The molecule has 2 aromatic carbocycles. The van der Waals surface area contributed by atoms with E-state index in [1.165, 1.54) is 100 Å². The molecule has 0 saturated carbocycles. The van der Waals surface area contributed by atoms with Gasteiger partial charge < -0.3 is 0 Å². The third-order valence-electron chi connectivity index (χ3n) is 5.38. The molecule has 0 fully saturated rings. The van der Waals surface area contributed by atoms with Gasteiger partial charge >= 0.3 is 0 Å². The molecule has 0 saturated heterocycles. The number of benzene rings is 2. The second-order valence-electron chi connectivity index (χ2n) is 7.70. The van der Waals surface area contributed by atoms with E-state index < -0.39 is 0 Å². The van der Waals surface area contributed by atoms with Crippen molar-refractivity contribution in [2.24, 2.45) is 0 Å². The first-order valence-electron chi connectivity index (χ1n) is 11.0. The second kappa shape index (κ2) is 13.6. The first-order chi connectivity index (χ1) is 12.9. The number of aryl methyl sites for hydroxylation is 1. The van der Waals surface area contributed by atoms with Gasteiger partial charge in [0.1, 0.15) is 0 Å². The molecule has 0 unspecified atom stereocenters. The lowest BCUT2D eigenvalue weighted by atomic mass is 10.0. The van der Waals surface area contributed by atoms with Crippen molar-refractivity contribution in [2.75, 3.05) is 0 Å². The molecule has 0 aliphatic carbocycles. The predicted octanol–water partition coefficient (Wildman–Crippen LogP) is 8.60. The van der Waals surface area contributed by atoms with Gasteiger partial charge in [-0.2, -0.15) is 0 Å². The molecule has 0 radical (unpaired) electrons. The highest BCUT2D eigenvalue weighted by Gasteiger charge is 1.98. The fourth-order valence-corrected chi connectivity index (χ4v) is 3.66. The maximum atomic E-state index is 2.31. The molecule has 0 amide bonds. The van der Waals surface area contributed by atoms with Crippen molar-refractivity contribution in [2.45, 2.75) is 90.4 Å². The summed E-state index contributed by atoms with van der Waals surface area (Å²) in [5, 5.41) is 0. The van der Waals surface area contributed by atoms with Crippen LogP contribution in [0.15, 0.2) is 54.6 Å². The van der Waals surface area contributed by atoms with Crippen LogP contribution >= 0.6 is 0 Å². The molecule has 0 spiro atoms. The zero-order valence-corrected chi connectivity index (χ0v) is 16.9. The molecule has 0 aliphatic rings. The molecule has 0 aromatic heterocycles. The summed E-state index contributed by atoms with van der Waals surface area (Å²) in [4.78, 5) is 0. The third kappa shape index (κ3) is 8.70. The van der Waals surface area contributed by atoms with Crippen molar-refractivity contribution in [3.63, 3.8) is 0 Å². The number of unbranched alkanes of at least 4 members (excludes halogenated alkanes) is 11. The van der Waals surface area contributed by atoms with Gasteiger partial charge in [0.15, 0.2) is 0 Å². The molecule has 0 heterocycles. The SMILES string of the molecule is CCCCCCCCCCCCCCc1ccc(-c2ccccc2)cc1. The average molecular weight is 351 g/mol. The van der Waals surface area contributed by atoms with Gasteiger partial charge in [0.25, 0.3) is 0 Å². The van der Waals surface area contributed by atoms with Crippen LogP contribution in [0.4, 0.5) is 0 Å². The largest absolute Gasteiger partial charge is 0.0654 e. The van der Waals surface area contributed by atoms with Gasteiger partial charge in [-0.1, -0.05) is 132 Å². The summed E-state index contributed by atoms with van der Waals surface area (Å²) < 4.78 is 0. The summed E-state index contributed by atoms with van der Waals surface area (Å²) in [6.07, 6.45) is 18.3. The minimum atomic E-state index is 1.23. The van der Waals surface area contributed by atoms with Crippen LogP contribution in [0.5, 0.6) is 0 Å². The monoisotopic (exact) mass is 350 g/mol. The third-order valence-corrected chi connectivity index (χ3v) is 5.38. The summed E-state index contributed by atoms with van der Waals surface area (Å²) >= 11 is 0. The summed E-state index contributed by atoms with van der Waals surface area (Å²) in [7, 11) is 0. The van der Waals surface area contributed by atoms with Crippen LogP contribution in [0.25, 0.3) is 11.1 Å². The summed E-state index contributed by atoms with van der Waals surface area (Å²) in [6, 6.07) is 19.8. The molecule has 0 aliphatic heterocycles. The Morgan fingerprint density at radius 1 is 0.462 bits per heavy atom. The van der Waals surface area contributed by atoms with Gasteiger partial charge in [-0.05, 0) is 29.5 Å². The average Bonchev–Trinajstić information content (AvgIpc) is 2.70. The van der Waals surface area contributed by atoms with E-state index in [9.17, 15) is 0 Å². The van der Waals surface area contributed by atoms with Gasteiger partial charge in [0.05, 0.1) is 0 Å². The minimum absolute atomic E-state index is 1.23. The first-order valence-corrected chi connectivity index (χ1v) is 11.0. The van der Waals surface area contributed by atoms with Crippen LogP contribution in [0.2, 0.25) is 0 Å².